The summed E-state index contributed by atoms with van der Waals surface area (Å²) in [5.41, 5.74) is 0. The van der Waals surface area contributed by atoms with Gasteiger partial charge in [-0.25, -0.2) is 0 Å². The first-order valence-corrected chi connectivity index (χ1v) is 8.13. The van der Waals surface area contributed by atoms with E-state index in [0.29, 0.717) is 32.3 Å². The summed E-state index contributed by atoms with van der Waals surface area (Å²) in [5, 5.41) is 12.1. The summed E-state index contributed by atoms with van der Waals surface area (Å²) in [6.45, 7) is 2.17. The van der Waals surface area contributed by atoms with Crippen LogP contribution in [0.2, 0.25) is 0 Å². The van der Waals surface area contributed by atoms with Gasteiger partial charge < -0.3 is 9.84 Å². The van der Waals surface area contributed by atoms with Gasteiger partial charge in [0.25, 0.3) is 0 Å². The molecule has 110 valence electrons. The monoisotopic (exact) mass is 293 g/mol. The van der Waals surface area contributed by atoms with E-state index in [1.165, 1.54) is 30.6 Å². The highest BCUT2D eigenvalue weighted by molar-refractivity contribution is 7.09. The van der Waals surface area contributed by atoms with E-state index in [1.807, 2.05) is 17.5 Å². The fourth-order valence-electron chi connectivity index (χ4n) is 2.74. The van der Waals surface area contributed by atoms with Crippen LogP contribution in [0.4, 0.5) is 0 Å². The molecular formula is C16H23NO2S. The van der Waals surface area contributed by atoms with Crippen molar-refractivity contribution in [1.82, 2.24) is 4.90 Å². The van der Waals surface area contributed by atoms with Crippen LogP contribution in [0.5, 0.6) is 0 Å². The normalized spacial score (nSPS) is 17.4. The Bertz CT molecular complexity index is 407. The van der Waals surface area contributed by atoms with Gasteiger partial charge >= 0.3 is 0 Å². The molecule has 1 aromatic rings. The van der Waals surface area contributed by atoms with E-state index in [1.54, 1.807) is 11.3 Å². The summed E-state index contributed by atoms with van der Waals surface area (Å²) < 4.78 is 5.56. The number of aliphatic hydroxyl groups excluding tert-OH is 1. The van der Waals surface area contributed by atoms with E-state index >= 15 is 0 Å². The smallest absolute Gasteiger partial charge is 0.0900 e. The number of ether oxygens (including phenoxy) is 1. The molecule has 0 bridgehead atoms. The second-order valence-corrected chi connectivity index (χ2v) is 6.35. The summed E-state index contributed by atoms with van der Waals surface area (Å²) in [6.07, 6.45) is 9.91. The molecule has 0 aliphatic heterocycles. The molecule has 1 N–H and O–H groups in total. The van der Waals surface area contributed by atoms with Crippen molar-refractivity contribution in [2.45, 2.75) is 44.4 Å². The Balaban J connectivity index is 1.70. The number of hydrogen-bond acceptors (Lipinski definition) is 4. The predicted octanol–water partition coefficient (Wildman–Crippen LogP) is 2.50. The van der Waals surface area contributed by atoms with Crippen LogP contribution in [0.15, 0.2) is 17.5 Å². The number of hydrogen-bond donors (Lipinski definition) is 1. The van der Waals surface area contributed by atoms with Gasteiger partial charge in [0.15, 0.2) is 0 Å². The molecule has 1 aromatic heterocycles. The molecule has 4 heteroatoms. The van der Waals surface area contributed by atoms with Crippen LogP contribution in [0.25, 0.3) is 0 Å². The van der Waals surface area contributed by atoms with Crippen molar-refractivity contribution in [1.29, 1.82) is 0 Å². The summed E-state index contributed by atoms with van der Waals surface area (Å²) >= 11 is 1.67. The average molecular weight is 293 g/mol. The summed E-state index contributed by atoms with van der Waals surface area (Å²) in [6, 6.07) is 4.59. The van der Waals surface area contributed by atoms with Crippen LogP contribution in [0.3, 0.4) is 0 Å². The van der Waals surface area contributed by atoms with Crippen molar-refractivity contribution in [3.05, 3.63) is 22.4 Å². The summed E-state index contributed by atoms with van der Waals surface area (Å²) in [4.78, 5) is 3.42. The Morgan fingerprint density at radius 2 is 2.30 bits per heavy atom. The van der Waals surface area contributed by atoms with Crippen LogP contribution in [0, 0.1) is 12.3 Å². The molecule has 20 heavy (non-hydrogen) atoms. The first-order chi connectivity index (χ1) is 9.79. The van der Waals surface area contributed by atoms with Crippen LogP contribution < -0.4 is 0 Å². The molecule has 0 saturated heterocycles. The van der Waals surface area contributed by atoms with E-state index in [4.69, 9.17) is 11.2 Å². The minimum atomic E-state index is -0.469. The molecule has 1 unspecified atom stereocenters. The first-order valence-electron chi connectivity index (χ1n) is 7.25. The second kappa shape index (κ2) is 8.43. The lowest BCUT2D eigenvalue weighted by atomic mass is 10.2. The van der Waals surface area contributed by atoms with Gasteiger partial charge in [0, 0.05) is 17.5 Å². The van der Waals surface area contributed by atoms with Gasteiger partial charge in [-0.2, -0.15) is 0 Å². The van der Waals surface area contributed by atoms with E-state index in [-0.39, 0.29) is 0 Å². The molecule has 0 amide bonds. The predicted molar refractivity (Wildman–Crippen MR) is 82.6 cm³/mol. The molecule has 3 nitrogen and oxygen atoms in total. The molecule has 1 aliphatic rings. The van der Waals surface area contributed by atoms with Gasteiger partial charge in [-0.05, 0) is 24.3 Å². The van der Waals surface area contributed by atoms with Gasteiger partial charge in [-0.3, -0.25) is 4.90 Å². The summed E-state index contributed by atoms with van der Waals surface area (Å²) in [5.74, 6) is 2.70. The highest BCUT2D eigenvalue weighted by Gasteiger charge is 2.23. The molecule has 0 spiro atoms. The van der Waals surface area contributed by atoms with E-state index in [0.717, 1.165) is 0 Å². The van der Waals surface area contributed by atoms with Crippen molar-refractivity contribution in [3.63, 3.8) is 0 Å². The second-order valence-electron chi connectivity index (χ2n) is 5.32. The van der Waals surface area contributed by atoms with Gasteiger partial charge in [0.1, 0.15) is 0 Å². The fraction of sp³-hybridized carbons (Fsp3) is 0.625. The zero-order valence-electron chi connectivity index (χ0n) is 11.8. The molecule has 1 heterocycles. The van der Waals surface area contributed by atoms with Crippen molar-refractivity contribution >= 4 is 11.3 Å². The molecular weight excluding hydrogens is 270 g/mol. The Labute approximate surface area is 125 Å². The zero-order valence-corrected chi connectivity index (χ0v) is 12.6. The molecule has 1 atom stereocenters. The minimum Gasteiger partial charge on any atom is -0.389 e. The Kier molecular flexibility index (Phi) is 6.55. The highest BCUT2D eigenvalue weighted by Crippen LogP contribution is 2.23. The number of aliphatic hydroxyl groups is 1. The van der Waals surface area contributed by atoms with Crippen LogP contribution in [0.1, 0.15) is 30.6 Å². The quantitative estimate of drug-likeness (QED) is 0.748. The van der Waals surface area contributed by atoms with Crippen molar-refractivity contribution < 1.29 is 9.84 Å². The fourth-order valence-corrected chi connectivity index (χ4v) is 3.38. The van der Waals surface area contributed by atoms with Crippen LogP contribution in [-0.4, -0.2) is 41.8 Å². The lowest BCUT2D eigenvalue weighted by molar-refractivity contribution is 0.00619. The molecule has 1 fully saturated rings. The Morgan fingerprint density at radius 1 is 1.50 bits per heavy atom. The average Bonchev–Trinajstić information content (AvgIpc) is 3.11. The highest BCUT2D eigenvalue weighted by atomic mass is 32.1. The number of rotatable bonds is 8. The van der Waals surface area contributed by atoms with Crippen molar-refractivity contribution in [2.75, 3.05) is 19.7 Å². The maximum Gasteiger partial charge on any atom is 0.0900 e. The van der Waals surface area contributed by atoms with Gasteiger partial charge in [0.05, 0.1) is 25.9 Å². The van der Waals surface area contributed by atoms with Crippen LogP contribution in [-0.2, 0) is 11.3 Å². The third-order valence-corrected chi connectivity index (χ3v) is 4.57. The van der Waals surface area contributed by atoms with Crippen molar-refractivity contribution in [2.24, 2.45) is 0 Å². The first kappa shape index (κ1) is 15.5. The lowest BCUT2D eigenvalue weighted by Crippen LogP contribution is -2.41. The van der Waals surface area contributed by atoms with Crippen LogP contribution >= 0.6 is 11.3 Å². The van der Waals surface area contributed by atoms with E-state index in [2.05, 4.69) is 10.8 Å². The number of terminal acetylenes is 1. The van der Waals surface area contributed by atoms with Gasteiger partial charge in [-0.1, -0.05) is 24.8 Å². The van der Waals surface area contributed by atoms with Gasteiger partial charge in [0.2, 0.25) is 0 Å². The number of nitrogens with zero attached hydrogens (tertiary/aromatic N) is 1. The molecule has 0 radical (unpaired) electrons. The SMILES string of the molecule is C#CCN(CC(O)COCc1cccs1)C1CCCC1. The maximum atomic E-state index is 10.1. The standard InChI is InChI=1S/C16H23NO2S/c1-2-9-17(14-6-3-4-7-14)11-15(18)12-19-13-16-8-5-10-20-16/h1,5,8,10,14-15,18H,3-4,6-7,9,11-13H2. The van der Waals surface area contributed by atoms with E-state index in [9.17, 15) is 5.11 Å². The summed E-state index contributed by atoms with van der Waals surface area (Å²) in [7, 11) is 0. The van der Waals surface area contributed by atoms with Gasteiger partial charge in [-0.15, -0.1) is 17.8 Å². The Morgan fingerprint density at radius 3 is 2.95 bits per heavy atom. The molecule has 1 saturated carbocycles. The minimum absolute atomic E-state index is 0.367. The third kappa shape index (κ3) is 4.92. The third-order valence-electron chi connectivity index (χ3n) is 3.72. The van der Waals surface area contributed by atoms with Crippen molar-refractivity contribution in [3.8, 4) is 12.3 Å². The zero-order chi connectivity index (χ0) is 14.2. The largest absolute Gasteiger partial charge is 0.389 e. The topological polar surface area (TPSA) is 32.7 Å². The Hall–Kier alpha value is -0.860. The molecule has 2 rings (SSSR count). The number of thiophene rings is 1. The van der Waals surface area contributed by atoms with E-state index < -0.39 is 6.10 Å². The maximum absolute atomic E-state index is 10.1. The lowest BCUT2D eigenvalue weighted by Gasteiger charge is -2.28. The molecule has 1 aliphatic carbocycles. The molecule has 0 aromatic carbocycles.